The van der Waals surface area contributed by atoms with Crippen LogP contribution in [0.1, 0.15) is 41.8 Å². The number of nitrogens with zero attached hydrogens (tertiary/aromatic N) is 1. The minimum absolute atomic E-state index is 0.0258. The Hall–Kier alpha value is -1.18. The van der Waals surface area contributed by atoms with Gasteiger partial charge in [0.1, 0.15) is 9.77 Å². The van der Waals surface area contributed by atoms with Crippen molar-refractivity contribution < 1.29 is 17.9 Å². The van der Waals surface area contributed by atoms with E-state index in [1.54, 1.807) is 11.5 Å². The van der Waals surface area contributed by atoms with Crippen LogP contribution in [-0.4, -0.2) is 38.4 Å². The van der Waals surface area contributed by atoms with E-state index in [-0.39, 0.29) is 22.4 Å². The van der Waals surface area contributed by atoms with Gasteiger partial charge in [0.15, 0.2) is 0 Å². The summed E-state index contributed by atoms with van der Waals surface area (Å²) in [5, 5.41) is 1.60. The SMILES string of the molecule is C=CCN(C1CCCCC1)S(=O)(=O)c1ccsc1C(=O)OC. The summed E-state index contributed by atoms with van der Waals surface area (Å²) in [6.07, 6.45) is 6.50. The third-order valence-electron chi connectivity index (χ3n) is 3.88. The van der Waals surface area contributed by atoms with Gasteiger partial charge in [-0.15, -0.1) is 17.9 Å². The summed E-state index contributed by atoms with van der Waals surface area (Å²) in [4.78, 5) is 12.0. The lowest BCUT2D eigenvalue weighted by Gasteiger charge is -2.32. The Morgan fingerprint density at radius 2 is 2.14 bits per heavy atom. The van der Waals surface area contributed by atoms with Crippen molar-refractivity contribution in [2.75, 3.05) is 13.7 Å². The van der Waals surface area contributed by atoms with Gasteiger partial charge in [-0.1, -0.05) is 25.3 Å². The van der Waals surface area contributed by atoms with E-state index in [2.05, 4.69) is 11.3 Å². The van der Waals surface area contributed by atoms with Crippen LogP contribution in [0.3, 0.4) is 0 Å². The molecular formula is C15H21NO4S2. The summed E-state index contributed by atoms with van der Waals surface area (Å²) in [5.74, 6) is -0.615. The fourth-order valence-corrected chi connectivity index (χ4v) is 5.77. The lowest BCUT2D eigenvalue weighted by molar-refractivity contribution is 0.0602. The quantitative estimate of drug-likeness (QED) is 0.588. The van der Waals surface area contributed by atoms with E-state index in [0.717, 1.165) is 43.4 Å². The lowest BCUT2D eigenvalue weighted by Crippen LogP contribution is -2.41. The molecule has 0 atom stereocenters. The zero-order valence-electron chi connectivity index (χ0n) is 12.7. The molecule has 0 spiro atoms. The number of esters is 1. The highest BCUT2D eigenvalue weighted by Gasteiger charge is 2.34. The number of ether oxygens (including phenoxy) is 1. The molecule has 1 aromatic rings. The molecule has 0 N–H and O–H groups in total. The van der Waals surface area contributed by atoms with Crippen molar-refractivity contribution in [2.45, 2.75) is 43.0 Å². The van der Waals surface area contributed by atoms with Crippen molar-refractivity contribution in [3.63, 3.8) is 0 Å². The number of hydrogen-bond donors (Lipinski definition) is 0. The predicted octanol–water partition coefficient (Wildman–Crippen LogP) is 3.04. The molecule has 1 saturated carbocycles. The van der Waals surface area contributed by atoms with Crippen LogP contribution in [-0.2, 0) is 14.8 Å². The largest absolute Gasteiger partial charge is 0.465 e. The molecule has 0 bridgehead atoms. The van der Waals surface area contributed by atoms with E-state index >= 15 is 0 Å². The second-order valence-electron chi connectivity index (χ2n) is 5.26. The number of carbonyl (C=O) groups excluding carboxylic acids is 1. The Bertz CT molecular complexity index is 630. The van der Waals surface area contributed by atoms with Crippen molar-refractivity contribution in [3.8, 4) is 0 Å². The Balaban J connectivity index is 2.39. The van der Waals surface area contributed by atoms with Crippen molar-refractivity contribution >= 4 is 27.3 Å². The molecule has 0 saturated heterocycles. The van der Waals surface area contributed by atoms with E-state index in [1.165, 1.54) is 17.5 Å². The van der Waals surface area contributed by atoms with Gasteiger partial charge < -0.3 is 4.74 Å². The topological polar surface area (TPSA) is 63.7 Å². The molecule has 122 valence electrons. The predicted molar refractivity (Wildman–Crippen MR) is 86.6 cm³/mol. The molecule has 1 fully saturated rings. The lowest BCUT2D eigenvalue weighted by atomic mass is 9.95. The number of hydrogen-bond acceptors (Lipinski definition) is 5. The number of thiophene rings is 1. The second kappa shape index (κ2) is 7.39. The van der Waals surface area contributed by atoms with E-state index in [9.17, 15) is 13.2 Å². The minimum Gasteiger partial charge on any atom is -0.465 e. The summed E-state index contributed by atoms with van der Waals surface area (Å²) in [5.41, 5.74) is 0. The number of methoxy groups -OCH3 is 1. The first-order valence-electron chi connectivity index (χ1n) is 7.31. The van der Waals surface area contributed by atoms with E-state index in [1.807, 2.05) is 0 Å². The molecule has 2 rings (SSSR count). The zero-order chi connectivity index (χ0) is 16.2. The molecule has 0 radical (unpaired) electrons. The van der Waals surface area contributed by atoms with E-state index in [0.29, 0.717) is 0 Å². The normalized spacial score (nSPS) is 16.6. The molecule has 0 aromatic carbocycles. The first kappa shape index (κ1) is 17.2. The number of carbonyl (C=O) groups is 1. The van der Waals surface area contributed by atoms with Gasteiger partial charge in [0, 0.05) is 12.6 Å². The smallest absolute Gasteiger partial charge is 0.349 e. The summed E-state index contributed by atoms with van der Waals surface area (Å²) in [7, 11) is -2.48. The summed E-state index contributed by atoms with van der Waals surface area (Å²) >= 11 is 1.09. The fraction of sp³-hybridized carbons (Fsp3) is 0.533. The van der Waals surface area contributed by atoms with Crippen LogP contribution >= 0.6 is 11.3 Å². The molecule has 1 aromatic heterocycles. The van der Waals surface area contributed by atoms with Crippen molar-refractivity contribution in [3.05, 3.63) is 29.0 Å². The molecule has 0 amide bonds. The average Bonchev–Trinajstić information content (AvgIpc) is 3.03. The highest BCUT2D eigenvalue weighted by molar-refractivity contribution is 7.89. The van der Waals surface area contributed by atoms with Gasteiger partial charge in [0.2, 0.25) is 10.0 Å². The van der Waals surface area contributed by atoms with Crippen LogP contribution in [0.15, 0.2) is 29.0 Å². The standard InChI is InChI=1S/C15H21NO4S2/c1-3-10-16(12-7-5-4-6-8-12)22(18,19)13-9-11-21-14(13)15(17)20-2/h3,9,11-12H,1,4-8,10H2,2H3. The van der Waals surface area contributed by atoms with Crippen LogP contribution in [0, 0.1) is 0 Å². The average molecular weight is 343 g/mol. The van der Waals surface area contributed by atoms with Crippen molar-refractivity contribution in [1.29, 1.82) is 0 Å². The fourth-order valence-electron chi connectivity index (χ4n) is 2.81. The summed E-state index contributed by atoms with van der Waals surface area (Å²) in [6, 6.07) is 1.45. The first-order chi connectivity index (χ1) is 10.5. The van der Waals surface area contributed by atoms with Gasteiger partial charge in [-0.05, 0) is 24.3 Å². The van der Waals surface area contributed by atoms with Gasteiger partial charge in [0.25, 0.3) is 0 Å². The van der Waals surface area contributed by atoms with Crippen molar-refractivity contribution in [1.82, 2.24) is 4.31 Å². The van der Waals surface area contributed by atoms with Gasteiger partial charge >= 0.3 is 5.97 Å². The molecule has 1 aliphatic carbocycles. The minimum atomic E-state index is -3.73. The summed E-state index contributed by atoms with van der Waals surface area (Å²) < 4.78 is 32.2. The van der Waals surface area contributed by atoms with E-state index in [4.69, 9.17) is 0 Å². The van der Waals surface area contributed by atoms with Crippen molar-refractivity contribution in [2.24, 2.45) is 0 Å². The Labute approximate surface area is 135 Å². The monoisotopic (exact) mass is 343 g/mol. The third-order valence-corrected chi connectivity index (χ3v) is 6.86. The van der Waals surface area contributed by atoms with Crippen LogP contribution in [0.2, 0.25) is 0 Å². The van der Waals surface area contributed by atoms with Gasteiger partial charge in [-0.2, -0.15) is 4.31 Å². The van der Waals surface area contributed by atoms with Gasteiger partial charge in [-0.3, -0.25) is 0 Å². The molecule has 1 aliphatic rings. The van der Waals surface area contributed by atoms with E-state index < -0.39 is 16.0 Å². The van der Waals surface area contributed by atoms with Crippen LogP contribution < -0.4 is 0 Å². The Morgan fingerprint density at radius 3 is 2.73 bits per heavy atom. The number of sulfonamides is 1. The molecule has 7 heteroatoms. The molecule has 1 heterocycles. The molecule has 5 nitrogen and oxygen atoms in total. The molecule has 0 aliphatic heterocycles. The third kappa shape index (κ3) is 3.42. The summed E-state index contributed by atoms with van der Waals surface area (Å²) in [6.45, 7) is 3.92. The Kier molecular flexibility index (Phi) is 5.77. The molecule has 0 unspecified atom stereocenters. The zero-order valence-corrected chi connectivity index (χ0v) is 14.3. The highest BCUT2D eigenvalue weighted by atomic mass is 32.2. The number of rotatable bonds is 6. The van der Waals surface area contributed by atoms with Crippen LogP contribution in [0.25, 0.3) is 0 Å². The van der Waals surface area contributed by atoms with Gasteiger partial charge in [-0.25, -0.2) is 13.2 Å². The highest BCUT2D eigenvalue weighted by Crippen LogP contribution is 2.31. The first-order valence-corrected chi connectivity index (χ1v) is 9.63. The Morgan fingerprint density at radius 1 is 1.45 bits per heavy atom. The maximum atomic E-state index is 13.0. The molecule has 22 heavy (non-hydrogen) atoms. The van der Waals surface area contributed by atoms with Crippen LogP contribution in [0.4, 0.5) is 0 Å². The maximum Gasteiger partial charge on any atom is 0.349 e. The molecular weight excluding hydrogens is 322 g/mol. The second-order valence-corrected chi connectivity index (χ2v) is 8.04. The van der Waals surface area contributed by atoms with Gasteiger partial charge in [0.05, 0.1) is 7.11 Å². The van der Waals surface area contributed by atoms with Crippen LogP contribution in [0.5, 0.6) is 0 Å². The maximum absolute atomic E-state index is 13.0.